The number of sulfonamides is 1. The molecule has 0 fully saturated rings. The number of nitrogens with one attached hydrogen (secondary N) is 1. The Hall–Kier alpha value is -2.18. The molecule has 5 nitrogen and oxygen atoms in total. The number of rotatable bonds is 9. The van der Waals surface area contributed by atoms with E-state index in [4.69, 9.17) is 0 Å². The second-order valence-electron chi connectivity index (χ2n) is 6.14. The third kappa shape index (κ3) is 5.97. The molecule has 2 aromatic carbocycles. The van der Waals surface area contributed by atoms with Gasteiger partial charge < -0.3 is 4.90 Å². The summed E-state index contributed by atoms with van der Waals surface area (Å²) in [5.41, 5.74) is 2.24. The van der Waals surface area contributed by atoms with E-state index >= 15 is 0 Å². The molecule has 0 heterocycles. The van der Waals surface area contributed by atoms with Crippen molar-refractivity contribution in [2.45, 2.75) is 31.6 Å². The fraction of sp³-hybridized carbons (Fsp3) is 0.350. The van der Waals surface area contributed by atoms with E-state index in [-0.39, 0.29) is 17.3 Å². The van der Waals surface area contributed by atoms with Crippen molar-refractivity contribution in [1.29, 1.82) is 0 Å². The molecule has 0 spiro atoms. The van der Waals surface area contributed by atoms with Crippen LogP contribution in [0.3, 0.4) is 0 Å². The number of nitrogens with zero attached hydrogens (tertiary/aromatic N) is 1. The van der Waals surface area contributed by atoms with Crippen LogP contribution in [0.2, 0.25) is 0 Å². The molecule has 0 aliphatic rings. The molecule has 0 bridgehead atoms. The van der Waals surface area contributed by atoms with Crippen LogP contribution in [-0.2, 0) is 27.7 Å². The van der Waals surface area contributed by atoms with Crippen molar-refractivity contribution >= 4 is 15.9 Å². The van der Waals surface area contributed by atoms with Gasteiger partial charge in [-0.25, -0.2) is 13.1 Å². The van der Waals surface area contributed by atoms with Gasteiger partial charge in [-0.05, 0) is 36.1 Å². The molecule has 2 rings (SSSR count). The van der Waals surface area contributed by atoms with Gasteiger partial charge in [-0.15, -0.1) is 0 Å². The number of benzene rings is 2. The quantitative estimate of drug-likeness (QED) is 0.734. The smallest absolute Gasteiger partial charge is 0.240 e. The average Bonchev–Trinajstić information content (AvgIpc) is 2.65. The van der Waals surface area contributed by atoms with Crippen LogP contribution in [0.4, 0.5) is 0 Å². The van der Waals surface area contributed by atoms with Gasteiger partial charge in [0.15, 0.2) is 0 Å². The minimum Gasteiger partial charge on any atom is -0.341 e. The topological polar surface area (TPSA) is 66.5 Å². The van der Waals surface area contributed by atoms with Gasteiger partial charge in [0, 0.05) is 26.6 Å². The molecule has 0 unspecified atom stereocenters. The summed E-state index contributed by atoms with van der Waals surface area (Å²) < 4.78 is 27.3. The summed E-state index contributed by atoms with van der Waals surface area (Å²) in [4.78, 5) is 13.7. The first kappa shape index (κ1) is 20.1. The van der Waals surface area contributed by atoms with Crippen LogP contribution in [0.15, 0.2) is 59.5 Å². The zero-order valence-electron chi connectivity index (χ0n) is 15.3. The van der Waals surface area contributed by atoms with Gasteiger partial charge in [-0.2, -0.15) is 0 Å². The number of carbonyl (C=O) groups is 1. The van der Waals surface area contributed by atoms with Gasteiger partial charge in [-0.1, -0.05) is 49.4 Å². The highest BCUT2D eigenvalue weighted by molar-refractivity contribution is 7.89. The average molecular weight is 375 g/mol. The van der Waals surface area contributed by atoms with E-state index < -0.39 is 10.0 Å². The number of amides is 1. The van der Waals surface area contributed by atoms with E-state index in [1.165, 1.54) is 6.92 Å². The molecule has 0 aliphatic carbocycles. The molecule has 140 valence electrons. The van der Waals surface area contributed by atoms with E-state index in [0.717, 1.165) is 24.0 Å². The molecule has 0 saturated heterocycles. The monoisotopic (exact) mass is 374 g/mol. The van der Waals surface area contributed by atoms with Gasteiger partial charge in [0.25, 0.3) is 0 Å². The Kier molecular flexibility index (Phi) is 7.36. The van der Waals surface area contributed by atoms with Crippen molar-refractivity contribution in [2.24, 2.45) is 0 Å². The lowest BCUT2D eigenvalue weighted by atomic mass is 10.1. The summed E-state index contributed by atoms with van der Waals surface area (Å²) in [6.45, 7) is 4.61. The van der Waals surface area contributed by atoms with Crippen molar-refractivity contribution in [1.82, 2.24) is 9.62 Å². The highest BCUT2D eigenvalue weighted by Crippen LogP contribution is 2.10. The van der Waals surface area contributed by atoms with Gasteiger partial charge in [0.05, 0.1) is 4.90 Å². The highest BCUT2D eigenvalue weighted by Gasteiger charge is 2.15. The highest BCUT2D eigenvalue weighted by atomic mass is 32.2. The van der Waals surface area contributed by atoms with E-state index in [0.29, 0.717) is 13.1 Å². The number of aryl methyl sites for hydroxylation is 1. The molecule has 0 saturated carbocycles. The Morgan fingerprint density at radius 3 is 2.19 bits per heavy atom. The standard InChI is InChI=1S/C20H26N2O3S/c1-3-18-9-11-20(12-10-18)26(24,25)21-14-16-22(17(2)23)15-13-19-7-5-4-6-8-19/h4-12,21H,3,13-16H2,1-2H3. The zero-order valence-corrected chi connectivity index (χ0v) is 16.1. The fourth-order valence-electron chi connectivity index (χ4n) is 2.64. The van der Waals surface area contributed by atoms with Crippen LogP contribution in [-0.4, -0.2) is 38.9 Å². The lowest BCUT2D eigenvalue weighted by Gasteiger charge is -2.21. The first-order valence-electron chi connectivity index (χ1n) is 8.80. The second-order valence-corrected chi connectivity index (χ2v) is 7.90. The van der Waals surface area contributed by atoms with Crippen LogP contribution >= 0.6 is 0 Å². The van der Waals surface area contributed by atoms with Gasteiger partial charge in [0.1, 0.15) is 0 Å². The van der Waals surface area contributed by atoms with E-state index in [9.17, 15) is 13.2 Å². The fourth-order valence-corrected chi connectivity index (χ4v) is 3.66. The Bertz CT molecular complexity index is 803. The summed E-state index contributed by atoms with van der Waals surface area (Å²) >= 11 is 0. The molecule has 2 aromatic rings. The first-order chi connectivity index (χ1) is 12.4. The summed E-state index contributed by atoms with van der Waals surface area (Å²) in [6.07, 6.45) is 1.61. The van der Waals surface area contributed by atoms with Gasteiger partial charge in [-0.3, -0.25) is 4.79 Å². The molecule has 1 N–H and O–H groups in total. The molecule has 0 radical (unpaired) electrons. The summed E-state index contributed by atoms with van der Waals surface area (Å²) in [5.74, 6) is -0.0626. The van der Waals surface area contributed by atoms with Crippen molar-refractivity contribution in [3.05, 3.63) is 65.7 Å². The predicted octanol–water partition coefficient (Wildman–Crippen LogP) is 2.62. The van der Waals surface area contributed by atoms with Gasteiger partial charge >= 0.3 is 0 Å². The van der Waals surface area contributed by atoms with Gasteiger partial charge in [0.2, 0.25) is 15.9 Å². The minimum absolute atomic E-state index is 0.0626. The molecule has 0 atom stereocenters. The predicted molar refractivity (Wildman–Crippen MR) is 103 cm³/mol. The first-order valence-corrected chi connectivity index (χ1v) is 10.3. The molecular weight excluding hydrogens is 348 g/mol. The SMILES string of the molecule is CCc1ccc(S(=O)(=O)NCCN(CCc2ccccc2)C(C)=O)cc1. The number of carbonyl (C=O) groups excluding carboxylic acids is 1. The number of hydrogen-bond donors (Lipinski definition) is 1. The normalized spacial score (nSPS) is 11.3. The van der Waals surface area contributed by atoms with Crippen LogP contribution in [0.25, 0.3) is 0 Å². The third-order valence-electron chi connectivity index (χ3n) is 4.27. The molecule has 26 heavy (non-hydrogen) atoms. The summed E-state index contributed by atoms with van der Waals surface area (Å²) in [7, 11) is -3.56. The second kappa shape index (κ2) is 9.50. The Morgan fingerprint density at radius 2 is 1.62 bits per heavy atom. The number of hydrogen-bond acceptors (Lipinski definition) is 3. The van der Waals surface area contributed by atoms with Crippen molar-refractivity contribution in [3.63, 3.8) is 0 Å². The third-order valence-corrected chi connectivity index (χ3v) is 5.75. The van der Waals surface area contributed by atoms with Crippen LogP contribution in [0.1, 0.15) is 25.0 Å². The largest absolute Gasteiger partial charge is 0.341 e. The summed E-state index contributed by atoms with van der Waals surface area (Å²) in [6, 6.07) is 16.8. The minimum atomic E-state index is -3.56. The molecule has 0 aromatic heterocycles. The summed E-state index contributed by atoms with van der Waals surface area (Å²) in [5, 5.41) is 0. The maximum atomic E-state index is 12.3. The van der Waals surface area contributed by atoms with Crippen molar-refractivity contribution < 1.29 is 13.2 Å². The molecule has 1 amide bonds. The maximum absolute atomic E-state index is 12.3. The van der Waals surface area contributed by atoms with E-state index in [1.807, 2.05) is 49.4 Å². The van der Waals surface area contributed by atoms with Crippen LogP contribution in [0, 0.1) is 0 Å². The van der Waals surface area contributed by atoms with E-state index in [2.05, 4.69) is 4.72 Å². The lowest BCUT2D eigenvalue weighted by molar-refractivity contribution is -0.128. The van der Waals surface area contributed by atoms with Crippen LogP contribution < -0.4 is 4.72 Å². The maximum Gasteiger partial charge on any atom is 0.240 e. The Balaban J connectivity index is 1.88. The molecule has 0 aliphatic heterocycles. The molecular formula is C20H26N2O3S. The zero-order chi connectivity index (χ0) is 19.0. The Morgan fingerprint density at radius 1 is 0.962 bits per heavy atom. The Labute approximate surface area is 156 Å². The molecule has 6 heteroatoms. The van der Waals surface area contributed by atoms with Crippen molar-refractivity contribution in [2.75, 3.05) is 19.6 Å². The van der Waals surface area contributed by atoms with E-state index in [1.54, 1.807) is 17.0 Å². The van der Waals surface area contributed by atoms with Crippen LogP contribution in [0.5, 0.6) is 0 Å². The van der Waals surface area contributed by atoms with Crippen molar-refractivity contribution in [3.8, 4) is 0 Å². The lowest BCUT2D eigenvalue weighted by Crippen LogP contribution is -2.38.